The van der Waals surface area contributed by atoms with E-state index in [1.807, 2.05) is 37.4 Å². The number of amides is 1. The molecule has 0 radical (unpaired) electrons. The van der Waals surface area contributed by atoms with Gasteiger partial charge in [0.1, 0.15) is 10.7 Å². The monoisotopic (exact) mass is 413 g/mol. The number of hydrogen-bond acceptors (Lipinski definition) is 5. The molecule has 5 nitrogen and oxygen atoms in total. The van der Waals surface area contributed by atoms with Gasteiger partial charge in [-0.05, 0) is 36.8 Å². The molecule has 3 aromatic rings. The molecule has 28 heavy (non-hydrogen) atoms. The minimum atomic E-state index is -0.0347. The van der Waals surface area contributed by atoms with Gasteiger partial charge in [-0.15, -0.1) is 23.1 Å². The summed E-state index contributed by atoms with van der Waals surface area (Å²) < 4.78 is 0. The number of aromatic nitrogens is 2. The van der Waals surface area contributed by atoms with E-state index >= 15 is 0 Å². The Labute approximate surface area is 172 Å². The van der Waals surface area contributed by atoms with Crippen molar-refractivity contribution in [3.8, 4) is 0 Å². The van der Waals surface area contributed by atoms with Gasteiger partial charge < -0.3 is 9.88 Å². The molecule has 0 saturated carbocycles. The Hall–Kier alpha value is -2.12. The van der Waals surface area contributed by atoms with Crippen molar-refractivity contribution in [2.45, 2.75) is 38.0 Å². The van der Waals surface area contributed by atoms with Crippen LogP contribution in [-0.4, -0.2) is 33.6 Å². The Morgan fingerprint density at radius 1 is 1.25 bits per heavy atom. The van der Waals surface area contributed by atoms with Crippen LogP contribution in [0.2, 0.25) is 0 Å². The van der Waals surface area contributed by atoms with Crippen LogP contribution in [-0.2, 0) is 29.9 Å². The minimum absolute atomic E-state index is 0.0347. The summed E-state index contributed by atoms with van der Waals surface area (Å²) in [6.07, 6.45) is 4.38. The summed E-state index contributed by atoms with van der Waals surface area (Å²) in [5, 5.41) is 0.784. The highest BCUT2D eigenvalue weighted by Gasteiger charge is 2.20. The number of thioether (sulfide) groups is 1. The average Bonchev–Trinajstić information content (AvgIpc) is 3.07. The van der Waals surface area contributed by atoms with Crippen LogP contribution < -0.4 is 5.56 Å². The fourth-order valence-electron chi connectivity index (χ4n) is 3.57. The number of benzene rings is 1. The first-order valence-corrected chi connectivity index (χ1v) is 11.5. The van der Waals surface area contributed by atoms with E-state index in [0.29, 0.717) is 23.9 Å². The van der Waals surface area contributed by atoms with Crippen LogP contribution in [0.5, 0.6) is 0 Å². The zero-order valence-electron chi connectivity index (χ0n) is 15.9. The van der Waals surface area contributed by atoms with E-state index < -0.39 is 0 Å². The molecule has 1 N–H and O–H groups in total. The fourth-order valence-corrected chi connectivity index (χ4v) is 5.68. The Kier molecular flexibility index (Phi) is 5.82. The topological polar surface area (TPSA) is 66.1 Å². The number of hydrogen-bond donors (Lipinski definition) is 1. The predicted octanol–water partition coefficient (Wildman–Crippen LogP) is 3.76. The quantitative estimate of drug-likeness (QED) is 0.668. The molecule has 0 aliphatic heterocycles. The number of nitrogens with zero attached hydrogens (tertiary/aromatic N) is 2. The van der Waals surface area contributed by atoms with Crippen molar-refractivity contribution in [1.29, 1.82) is 0 Å². The molecule has 0 fully saturated rings. The first kappa shape index (κ1) is 19.2. The van der Waals surface area contributed by atoms with Gasteiger partial charge in [0.15, 0.2) is 0 Å². The Morgan fingerprint density at radius 2 is 2.04 bits per heavy atom. The highest BCUT2D eigenvalue weighted by atomic mass is 32.2. The van der Waals surface area contributed by atoms with Crippen molar-refractivity contribution in [1.82, 2.24) is 14.9 Å². The smallest absolute Gasteiger partial charge is 0.259 e. The molecular formula is C21H23N3O2S2. The molecule has 0 spiro atoms. The van der Waals surface area contributed by atoms with Gasteiger partial charge in [0, 0.05) is 18.5 Å². The van der Waals surface area contributed by atoms with Crippen LogP contribution in [0.25, 0.3) is 10.2 Å². The molecule has 0 bridgehead atoms. The molecule has 0 saturated heterocycles. The Morgan fingerprint density at radius 3 is 2.86 bits per heavy atom. The van der Waals surface area contributed by atoms with Gasteiger partial charge in [-0.3, -0.25) is 9.59 Å². The molecule has 146 valence electrons. The zero-order chi connectivity index (χ0) is 19.5. The van der Waals surface area contributed by atoms with Crippen LogP contribution in [0.1, 0.15) is 34.7 Å². The average molecular weight is 414 g/mol. The number of aromatic amines is 1. The maximum Gasteiger partial charge on any atom is 0.259 e. The second-order valence-electron chi connectivity index (χ2n) is 7.13. The van der Waals surface area contributed by atoms with Crippen molar-refractivity contribution in [3.63, 3.8) is 0 Å². The van der Waals surface area contributed by atoms with Crippen molar-refractivity contribution in [2.75, 3.05) is 12.8 Å². The van der Waals surface area contributed by atoms with Crippen LogP contribution in [0.3, 0.4) is 0 Å². The Balaban J connectivity index is 1.37. The summed E-state index contributed by atoms with van der Waals surface area (Å²) in [4.78, 5) is 36.4. The number of thiophene rings is 1. The lowest BCUT2D eigenvalue weighted by atomic mass is 9.97. The van der Waals surface area contributed by atoms with E-state index in [1.54, 1.807) is 16.2 Å². The van der Waals surface area contributed by atoms with Crippen LogP contribution >= 0.6 is 23.1 Å². The Bertz CT molecular complexity index is 1040. The lowest BCUT2D eigenvalue weighted by molar-refractivity contribution is -0.127. The van der Waals surface area contributed by atoms with E-state index in [2.05, 4.69) is 9.97 Å². The minimum Gasteiger partial charge on any atom is -0.341 e. The van der Waals surface area contributed by atoms with E-state index in [1.165, 1.54) is 28.6 Å². The van der Waals surface area contributed by atoms with Crippen LogP contribution in [0, 0.1) is 0 Å². The molecule has 7 heteroatoms. The number of aryl methyl sites for hydroxylation is 2. The molecule has 2 heterocycles. The largest absolute Gasteiger partial charge is 0.341 e. The lowest BCUT2D eigenvalue weighted by Crippen LogP contribution is -2.27. The van der Waals surface area contributed by atoms with Crippen molar-refractivity contribution < 1.29 is 4.79 Å². The third-order valence-corrected chi connectivity index (χ3v) is 7.14. The van der Waals surface area contributed by atoms with Gasteiger partial charge in [-0.2, -0.15) is 0 Å². The maximum absolute atomic E-state index is 12.6. The van der Waals surface area contributed by atoms with Gasteiger partial charge in [-0.1, -0.05) is 30.3 Å². The number of fused-ring (bicyclic) bond motifs is 3. The summed E-state index contributed by atoms with van der Waals surface area (Å²) in [7, 11) is 1.82. The van der Waals surface area contributed by atoms with Crippen molar-refractivity contribution in [2.24, 2.45) is 0 Å². The van der Waals surface area contributed by atoms with Crippen molar-refractivity contribution >= 4 is 39.2 Å². The number of H-pyrrole nitrogens is 1. The molecule has 4 rings (SSSR count). The van der Waals surface area contributed by atoms with E-state index in [-0.39, 0.29) is 11.5 Å². The normalized spacial score (nSPS) is 13.5. The van der Waals surface area contributed by atoms with Gasteiger partial charge in [0.25, 0.3) is 5.56 Å². The summed E-state index contributed by atoms with van der Waals surface area (Å²) in [6, 6.07) is 9.95. The highest BCUT2D eigenvalue weighted by Crippen LogP contribution is 2.33. The molecule has 1 aliphatic rings. The first-order chi connectivity index (χ1) is 13.6. The van der Waals surface area contributed by atoms with E-state index in [0.717, 1.165) is 35.0 Å². The second kappa shape index (κ2) is 8.49. The van der Waals surface area contributed by atoms with Gasteiger partial charge in [0.2, 0.25) is 5.91 Å². The SMILES string of the molecule is CN(Cc1ccccc1)C(=O)CSCc1nc2sc3c(c2c(=O)[nH]1)CCCC3. The molecule has 0 unspecified atom stereocenters. The van der Waals surface area contributed by atoms with Crippen LogP contribution in [0.15, 0.2) is 35.1 Å². The standard InChI is InChI=1S/C21H23N3O2S2/c1-24(11-14-7-3-2-4-8-14)18(25)13-27-12-17-22-20(26)19-15-9-5-6-10-16(15)28-21(19)23-17/h2-4,7-8H,5-6,9-13H2,1H3,(H,22,23,26). The fraction of sp³-hybridized carbons (Fsp3) is 0.381. The van der Waals surface area contributed by atoms with Crippen LogP contribution in [0.4, 0.5) is 0 Å². The van der Waals surface area contributed by atoms with Gasteiger partial charge in [0.05, 0.1) is 16.9 Å². The molecule has 2 aromatic heterocycles. The summed E-state index contributed by atoms with van der Waals surface area (Å²) in [6.45, 7) is 0.599. The number of carbonyl (C=O) groups excluding carboxylic acids is 1. The molecule has 0 atom stereocenters. The predicted molar refractivity (Wildman–Crippen MR) is 116 cm³/mol. The maximum atomic E-state index is 12.6. The zero-order valence-corrected chi connectivity index (χ0v) is 17.5. The van der Waals surface area contributed by atoms with E-state index in [4.69, 9.17) is 0 Å². The van der Waals surface area contributed by atoms with Crippen molar-refractivity contribution in [3.05, 3.63) is 62.5 Å². The molecule has 1 aromatic carbocycles. The summed E-state index contributed by atoms with van der Waals surface area (Å²) >= 11 is 3.14. The first-order valence-electron chi connectivity index (χ1n) is 9.51. The third kappa shape index (κ3) is 4.15. The summed E-state index contributed by atoms with van der Waals surface area (Å²) in [5.74, 6) is 1.62. The lowest BCUT2D eigenvalue weighted by Gasteiger charge is -2.17. The molecule has 1 amide bonds. The number of nitrogens with one attached hydrogen (secondary N) is 1. The number of rotatable bonds is 6. The molecular weight excluding hydrogens is 390 g/mol. The second-order valence-corrected chi connectivity index (χ2v) is 9.20. The molecule has 1 aliphatic carbocycles. The third-order valence-electron chi connectivity index (χ3n) is 5.03. The highest BCUT2D eigenvalue weighted by molar-refractivity contribution is 7.99. The summed E-state index contributed by atoms with van der Waals surface area (Å²) in [5.41, 5.74) is 2.28. The number of carbonyl (C=O) groups is 1. The van der Waals surface area contributed by atoms with E-state index in [9.17, 15) is 9.59 Å². The van der Waals surface area contributed by atoms with Gasteiger partial charge >= 0.3 is 0 Å². The van der Waals surface area contributed by atoms with Gasteiger partial charge in [-0.25, -0.2) is 4.98 Å².